The van der Waals surface area contributed by atoms with Gasteiger partial charge in [0.05, 0.1) is 12.0 Å². The van der Waals surface area contributed by atoms with Crippen molar-refractivity contribution in [3.05, 3.63) is 16.3 Å². The fourth-order valence-electron chi connectivity index (χ4n) is 1.11. The lowest BCUT2D eigenvalue weighted by molar-refractivity contribution is 0.409. The van der Waals surface area contributed by atoms with Gasteiger partial charge in [0, 0.05) is 6.54 Å². The predicted octanol–water partition coefficient (Wildman–Crippen LogP) is 2.50. The third kappa shape index (κ3) is 3.36. The number of nitrogens with one attached hydrogen (secondary N) is 1. The molecule has 0 aliphatic carbocycles. The maximum absolute atomic E-state index is 5.21. The Bertz CT molecular complexity index is 245. The Hall–Kier alpha value is -0.540. The first-order valence-corrected chi connectivity index (χ1v) is 5.43. The lowest BCUT2D eigenvalue weighted by Crippen LogP contribution is -2.18. The second kappa shape index (κ2) is 5.25. The minimum absolute atomic E-state index is 0.700. The van der Waals surface area contributed by atoms with Crippen molar-refractivity contribution in [3.63, 3.8) is 0 Å². The van der Waals surface area contributed by atoms with Crippen LogP contribution in [-0.2, 0) is 6.54 Å². The SMILES string of the molecule is COc1ccsc1CNCC(C)C. The maximum Gasteiger partial charge on any atom is 0.134 e. The van der Waals surface area contributed by atoms with Gasteiger partial charge in [0.2, 0.25) is 0 Å². The second-order valence-corrected chi connectivity index (χ2v) is 4.44. The van der Waals surface area contributed by atoms with Gasteiger partial charge in [0.1, 0.15) is 5.75 Å². The topological polar surface area (TPSA) is 21.3 Å². The molecule has 1 aromatic rings. The lowest BCUT2D eigenvalue weighted by Gasteiger charge is -2.07. The van der Waals surface area contributed by atoms with Crippen LogP contribution < -0.4 is 10.1 Å². The van der Waals surface area contributed by atoms with Crippen LogP contribution in [0.1, 0.15) is 18.7 Å². The van der Waals surface area contributed by atoms with E-state index in [1.54, 1.807) is 18.4 Å². The Morgan fingerprint density at radius 1 is 1.54 bits per heavy atom. The number of hydrogen-bond acceptors (Lipinski definition) is 3. The number of methoxy groups -OCH3 is 1. The summed E-state index contributed by atoms with van der Waals surface area (Å²) in [5.74, 6) is 1.70. The van der Waals surface area contributed by atoms with E-state index in [9.17, 15) is 0 Å². The smallest absolute Gasteiger partial charge is 0.134 e. The lowest BCUT2D eigenvalue weighted by atomic mass is 10.2. The third-order valence-corrected chi connectivity index (χ3v) is 2.66. The molecule has 2 nitrogen and oxygen atoms in total. The van der Waals surface area contributed by atoms with Gasteiger partial charge in [0.15, 0.2) is 0 Å². The minimum atomic E-state index is 0.700. The average molecular weight is 199 g/mol. The molecule has 1 rings (SSSR count). The van der Waals surface area contributed by atoms with Gasteiger partial charge in [-0.15, -0.1) is 11.3 Å². The summed E-state index contributed by atoms with van der Waals surface area (Å²) in [5, 5.41) is 5.45. The fraction of sp³-hybridized carbons (Fsp3) is 0.600. The highest BCUT2D eigenvalue weighted by atomic mass is 32.1. The van der Waals surface area contributed by atoms with Crippen molar-refractivity contribution in [1.82, 2.24) is 5.32 Å². The molecule has 0 amide bonds. The summed E-state index contributed by atoms with van der Waals surface area (Å²) in [6.07, 6.45) is 0. The van der Waals surface area contributed by atoms with E-state index >= 15 is 0 Å². The Kier molecular flexibility index (Phi) is 4.25. The van der Waals surface area contributed by atoms with Crippen LogP contribution in [0.25, 0.3) is 0 Å². The van der Waals surface area contributed by atoms with Gasteiger partial charge in [0.25, 0.3) is 0 Å². The molecule has 1 aromatic heterocycles. The number of hydrogen-bond donors (Lipinski definition) is 1. The molecule has 1 N–H and O–H groups in total. The van der Waals surface area contributed by atoms with Crippen molar-refractivity contribution < 1.29 is 4.74 Å². The number of ether oxygens (including phenoxy) is 1. The number of rotatable bonds is 5. The maximum atomic E-state index is 5.21. The van der Waals surface area contributed by atoms with Gasteiger partial charge >= 0.3 is 0 Å². The summed E-state index contributed by atoms with van der Waals surface area (Å²) in [6, 6.07) is 2.01. The Morgan fingerprint density at radius 3 is 2.92 bits per heavy atom. The van der Waals surface area contributed by atoms with Crippen LogP contribution in [0, 0.1) is 5.92 Å². The first-order chi connectivity index (χ1) is 6.24. The molecule has 0 unspecified atom stereocenters. The van der Waals surface area contributed by atoms with Crippen molar-refractivity contribution in [2.75, 3.05) is 13.7 Å². The predicted molar refractivity (Wildman–Crippen MR) is 57.4 cm³/mol. The molecule has 0 saturated carbocycles. The van der Waals surface area contributed by atoms with E-state index < -0.39 is 0 Å². The van der Waals surface area contributed by atoms with Crippen LogP contribution in [0.4, 0.5) is 0 Å². The first kappa shape index (κ1) is 10.5. The molecule has 1 heterocycles. The van der Waals surface area contributed by atoms with Gasteiger partial charge in [-0.1, -0.05) is 13.8 Å². The van der Waals surface area contributed by atoms with Crippen molar-refractivity contribution in [3.8, 4) is 5.75 Å². The average Bonchev–Trinajstić information content (AvgIpc) is 2.51. The molecule has 13 heavy (non-hydrogen) atoms. The summed E-state index contributed by atoms with van der Waals surface area (Å²) in [5.41, 5.74) is 0. The zero-order valence-electron chi connectivity index (χ0n) is 8.46. The summed E-state index contributed by atoms with van der Waals surface area (Å²) in [4.78, 5) is 1.28. The summed E-state index contributed by atoms with van der Waals surface area (Å²) in [6.45, 7) is 6.39. The molecule has 0 atom stereocenters. The zero-order valence-corrected chi connectivity index (χ0v) is 9.28. The van der Waals surface area contributed by atoms with Crippen molar-refractivity contribution in [2.45, 2.75) is 20.4 Å². The van der Waals surface area contributed by atoms with Crippen LogP contribution in [0.5, 0.6) is 5.75 Å². The highest BCUT2D eigenvalue weighted by Gasteiger charge is 2.03. The molecule has 3 heteroatoms. The van der Waals surface area contributed by atoms with Crippen LogP contribution in [-0.4, -0.2) is 13.7 Å². The molecule has 0 aliphatic heterocycles. The largest absolute Gasteiger partial charge is 0.496 e. The summed E-state index contributed by atoms with van der Waals surface area (Å²) in [7, 11) is 1.72. The first-order valence-electron chi connectivity index (χ1n) is 4.55. The fourth-order valence-corrected chi connectivity index (χ4v) is 1.92. The van der Waals surface area contributed by atoms with Gasteiger partial charge in [-0.3, -0.25) is 0 Å². The molecule has 0 bridgehead atoms. The molecule has 74 valence electrons. The van der Waals surface area contributed by atoms with E-state index in [2.05, 4.69) is 24.5 Å². The molecule has 0 aromatic carbocycles. The molecule has 0 radical (unpaired) electrons. The van der Waals surface area contributed by atoms with Gasteiger partial charge < -0.3 is 10.1 Å². The summed E-state index contributed by atoms with van der Waals surface area (Å²) >= 11 is 1.74. The highest BCUT2D eigenvalue weighted by Crippen LogP contribution is 2.23. The highest BCUT2D eigenvalue weighted by molar-refractivity contribution is 7.10. The van der Waals surface area contributed by atoms with Crippen molar-refractivity contribution >= 4 is 11.3 Å². The van der Waals surface area contributed by atoms with Crippen LogP contribution in [0.2, 0.25) is 0 Å². The van der Waals surface area contributed by atoms with Crippen molar-refractivity contribution in [2.24, 2.45) is 5.92 Å². The minimum Gasteiger partial charge on any atom is -0.496 e. The van der Waals surface area contributed by atoms with E-state index in [0.29, 0.717) is 5.92 Å². The second-order valence-electron chi connectivity index (χ2n) is 3.44. The standard InChI is InChI=1S/C10H17NOS/c1-8(2)6-11-7-10-9(12-3)4-5-13-10/h4-5,8,11H,6-7H2,1-3H3. The third-order valence-electron chi connectivity index (χ3n) is 1.76. The Labute approximate surface area is 83.9 Å². The molecular formula is C10H17NOS. The van der Waals surface area contributed by atoms with E-state index in [1.165, 1.54) is 4.88 Å². The molecule has 0 saturated heterocycles. The normalized spacial score (nSPS) is 10.8. The van der Waals surface area contributed by atoms with Gasteiger partial charge in [-0.05, 0) is 23.9 Å². The molecular weight excluding hydrogens is 182 g/mol. The van der Waals surface area contributed by atoms with Crippen LogP contribution >= 0.6 is 11.3 Å². The number of thiophene rings is 1. The Balaban J connectivity index is 2.36. The van der Waals surface area contributed by atoms with E-state index in [0.717, 1.165) is 18.8 Å². The zero-order chi connectivity index (χ0) is 9.68. The van der Waals surface area contributed by atoms with Crippen LogP contribution in [0.3, 0.4) is 0 Å². The summed E-state index contributed by atoms with van der Waals surface area (Å²) < 4.78 is 5.21. The quantitative estimate of drug-likeness (QED) is 0.786. The molecule has 0 aliphatic rings. The van der Waals surface area contributed by atoms with Gasteiger partial charge in [-0.25, -0.2) is 0 Å². The molecule has 0 spiro atoms. The monoisotopic (exact) mass is 199 g/mol. The Morgan fingerprint density at radius 2 is 2.31 bits per heavy atom. The van der Waals surface area contributed by atoms with Crippen molar-refractivity contribution in [1.29, 1.82) is 0 Å². The molecule has 0 fully saturated rings. The van der Waals surface area contributed by atoms with Gasteiger partial charge in [-0.2, -0.15) is 0 Å². The van der Waals surface area contributed by atoms with E-state index in [4.69, 9.17) is 4.74 Å². The van der Waals surface area contributed by atoms with Crippen LogP contribution in [0.15, 0.2) is 11.4 Å². The van der Waals surface area contributed by atoms with E-state index in [-0.39, 0.29) is 0 Å². The van der Waals surface area contributed by atoms with E-state index in [1.807, 2.05) is 6.07 Å².